The molecule has 2 heteroatoms. The van der Waals surface area contributed by atoms with Gasteiger partial charge in [-0.15, -0.1) is 0 Å². The highest BCUT2D eigenvalue weighted by Gasteiger charge is 2.29. The standard InChI is InChI=1S/C12H14O2/c1-8(2)12-11(13)10-6-4-3-5-9(10)7-14-12/h3-6,8,12H,7H2,1-2H3. The van der Waals surface area contributed by atoms with Gasteiger partial charge in [0.05, 0.1) is 6.61 Å². The predicted molar refractivity (Wildman–Crippen MR) is 54.2 cm³/mol. The molecule has 14 heavy (non-hydrogen) atoms. The summed E-state index contributed by atoms with van der Waals surface area (Å²) in [7, 11) is 0. The fourth-order valence-electron chi connectivity index (χ4n) is 1.79. The molecule has 1 heterocycles. The molecule has 0 bridgehead atoms. The molecule has 1 aliphatic heterocycles. The van der Waals surface area contributed by atoms with E-state index in [9.17, 15) is 4.79 Å². The lowest BCUT2D eigenvalue weighted by Crippen LogP contribution is -2.34. The van der Waals surface area contributed by atoms with Crippen LogP contribution in [0.4, 0.5) is 0 Å². The van der Waals surface area contributed by atoms with E-state index < -0.39 is 0 Å². The van der Waals surface area contributed by atoms with E-state index in [4.69, 9.17) is 4.74 Å². The Labute approximate surface area is 83.9 Å². The van der Waals surface area contributed by atoms with Crippen LogP contribution in [0.25, 0.3) is 0 Å². The minimum atomic E-state index is -0.259. The second-order valence-electron chi connectivity index (χ2n) is 4.00. The Bertz CT molecular complexity index is 355. The second kappa shape index (κ2) is 3.54. The van der Waals surface area contributed by atoms with Crippen LogP contribution in [-0.4, -0.2) is 11.9 Å². The molecule has 0 fully saturated rings. The quantitative estimate of drug-likeness (QED) is 0.679. The highest BCUT2D eigenvalue weighted by molar-refractivity contribution is 6.01. The normalized spacial score (nSPS) is 21.1. The third kappa shape index (κ3) is 1.46. The average molecular weight is 190 g/mol. The van der Waals surface area contributed by atoms with E-state index in [0.717, 1.165) is 11.1 Å². The Balaban J connectivity index is 2.37. The molecule has 1 aromatic carbocycles. The maximum Gasteiger partial charge on any atom is 0.192 e. The Morgan fingerprint density at radius 2 is 2.07 bits per heavy atom. The minimum absolute atomic E-state index is 0.127. The molecule has 0 aromatic heterocycles. The summed E-state index contributed by atoms with van der Waals surface area (Å²) >= 11 is 0. The van der Waals surface area contributed by atoms with E-state index in [2.05, 4.69) is 0 Å². The van der Waals surface area contributed by atoms with Crippen LogP contribution in [-0.2, 0) is 11.3 Å². The van der Waals surface area contributed by atoms with E-state index in [1.807, 2.05) is 38.1 Å². The van der Waals surface area contributed by atoms with Crippen LogP contribution < -0.4 is 0 Å². The first kappa shape index (κ1) is 9.41. The smallest absolute Gasteiger partial charge is 0.192 e. The molecular weight excluding hydrogens is 176 g/mol. The van der Waals surface area contributed by atoms with Crippen molar-refractivity contribution in [2.24, 2.45) is 5.92 Å². The van der Waals surface area contributed by atoms with Gasteiger partial charge in [-0.2, -0.15) is 0 Å². The van der Waals surface area contributed by atoms with E-state index in [0.29, 0.717) is 6.61 Å². The van der Waals surface area contributed by atoms with Crippen LogP contribution in [0.2, 0.25) is 0 Å². The molecule has 1 atom stereocenters. The van der Waals surface area contributed by atoms with E-state index in [1.54, 1.807) is 0 Å². The minimum Gasteiger partial charge on any atom is -0.365 e. The molecule has 0 aliphatic carbocycles. The van der Waals surface area contributed by atoms with Gasteiger partial charge < -0.3 is 4.74 Å². The maximum absolute atomic E-state index is 11.9. The van der Waals surface area contributed by atoms with Crippen molar-refractivity contribution in [2.45, 2.75) is 26.6 Å². The summed E-state index contributed by atoms with van der Waals surface area (Å²) in [4.78, 5) is 11.9. The van der Waals surface area contributed by atoms with Crippen molar-refractivity contribution in [3.63, 3.8) is 0 Å². The number of rotatable bonds is 1. The van der Waals surface area contributed by atoms with Crippen LogP contribution in [0.1, 0.15) is 29.8 Å². The van der Waals surface area contributed by atoms with Gasteiger partial charge in [0.15, 0.2) is 5.78 Å². The van der Waals surface area contributed by atoms with E-state index in [-0.39, 0.29) is 17.8 Å². The summed E-state index contributed by atoms with van der Waals surface area (Å²) in [6, 6.07) is 7.67. The zero-order chi connectivity index (χ0) is 10.1. The van der Waals surface area contributed by atoms with Crippen LogP contribution in [0, 0.1) is 5.92 Å². The largest absolute Gasteiger partial charge is 0.365 e. The fraction of sp³-hybridized carbons (Fsp3) is 0.417. The van der Waals surface area contributed by atoms with Crippen molar-refractivity contribution >= 4 is 5.78 Å². The summed E-state index contributed by atoms with van der Waals surface area (Å²) < 4.78 is 5.53. The van der Waals surface area contributed by atoms with Crippen molar-refractivity contribution in [3.05, 3.63) is 35.4 Å². The first-order valence-electron chi connectivity index (χ1n) is 4.94. The molecular formula is C12H14O2. The highest BCUT2D eigenvalue weighted by Crippen LogP contribution is 2.24. The molecule has 74 valence electrons. The second-order valence-corrected chi connectivity index (χ2v) is 4.00. The summed E-state index contributed by atoms with van der Waals surface area (Å²) in [5.74, 6) is 0.373. The number of ether oxygens (including phenoxy) is 1. The summed E-state index contributed by atoms with van der Waals surface area (Å²) in [5, 5.41) is 0. The molecule has 0 radical (unpaired) electrons. The zero-order valence-corrected chi connectivity index (χ0v) is 8.49. The first-order valence-corrected chi connectivity index (χ1v) is 4.94. The molecule has 0 spiro atoms. The summed E-state index contributed by atoms with van der Waals surface area (Å²) in [5.41, 5.74) is 1.84. The number of hydrogen-bond donors (Lipinski definition) is 0. The lowest BCUT2D eigenvalue weighted by molar-refractivity contribution is 0.00753. The van der Waals surface area contributed by atoms with Crippen LogP contribution in [0.15, 0.2) is 24.3 Å². The Hall–Kier alpha value is -1.15. The molecule has 1 aromatic rings. The Kier molecular flexibility index (Phi) is 2.38. The van der Waals surface area contributed by atoms with Gasteiger partial charge in [-0.05, 0) is 11.5 Å². The lowest BCUT2D eigenvalue weighted by Gasteiger charge is -2.26. The third-order valence-electron chi connectivity index (χ3n) is 2.57. The highest BCUT2D eigenvalue weighted by atomic mass is 16.5. The number of fused-ring (bicyclic) bond motifs is 1. The number of Topliss-reactive ketones (excluding diaryl/α,β-unsaturated/α-hetero) is 1. The maximum atomic E-state index is 11.9. The molecule has 1 aliphatic rings. The van der Waals surface area contributed by atoms with Gasteiger partial charge >= 0.3 is 0 Å². The summed E-state index contributed by atoms with van der Waals surface area (Å²) in [6.45, 7) is 4.58. The predicted octanol–water partition coefficient (Wildman–Crippen LogP) is 2.42. The number of carbonyl (C=O) groups excluding carboxylic acids is 1. The van der Waals surface area contributed by atoms with Crippen LogP contribution in [0.3, 0.4) is 0 Å². The van der Waals surface area contributed by atoms with Gasteiger partial charge in [0.1, 0.15) is 6.10 Å². The van der Waals surface area contributed by atoms with E-state index >= 15 is 0 Å². The number of hydrogen-bond acceptors (Lipinski definition) is 2. The number of benzene rings is 1. The molecule has 0 amide bonds. The van der Waals surface area contributed by atoms with Gasteiger partial charge in [0.2, 0.25) is 0 Å². The average Bonchev–Trinajstić information content (AvgIpc) is 2.18. The van der Waals surface area contributed by atoms with Crippen molar-refractivity contribution in [3.8, 4) is 0 Å². The van der Waals surface area contributed by atoms with Gasteiger partial charge in [0.25, 0.3) is 0 Å². The zero-order valence-electron chi connectivity index (χ0n) is 8.49. The monoisotopic (exact) mass is 190 g/mol. The lowest BCUT2D eigenvalue weighted by atomic mass is 9.92. The molecule has 0 N–H and O–H groups in total. The third-order valence-corrected chi connectivity index (χ3v) is 2.57. The summed E-state index contributed by atoms with van der Waals surface area (Å²) in [6.07, 6.45) is -0.259. The van der Waals surface area contributed by atoms with Gasteiger partial charge in [0, 0.05) is 5.56 Å². The molecule has 2 rings (SSSR count). The fourth-order valence-corrected chi connectivity index (χ4v) is 1.79. The molecule has 0 saturated carbocycles. The van der Waals surface area contributed by atoms with Crippen molar-refractivity contribution in [1.82, 2.24) is 0 Å². The van der Waals surface area contributed by atoms with Crippen molar-refractivity contribution < 1.29 is 9.53 Å². The van der Waals surface area contributed by atoms with Crippen LogP contribution >= 0.6 is 0 Å². The van der Waals surface area contributed by atoms with Gasteiger partial charge in [-0.1, -0.05) is 38.1 Å². The number of ketones is 1. The first-order chi connectivity index (χ1) is 6.70. The topological polar surface area (TPSA) is 26.3 Å². The molecule has 0 saturated heterocycles. The number of carbonyl (C=O) groups is 1. The van der Waals surface area contributed by atoms with Gasteiger partial charge in [-0.25, -0.2) is 0 Å². The molecule has 2 nitrogen and oxygen atoms in total. The van der Waals surface area contributed by atoms with Crippen molar-refractivity contribution in [1.29, 1.82) is 0 Å². The Morgan fingerprint density at radius 3 is 2.79 bits per heavy atom. The van der Waals surface area contributed by atoms with Gasteiger partial charge in [-0.3, -0.25) is 4.79 Å². The van der Waals surface area contributed by atoms with Crippen LogP contribution in [0.5, 0.6) is 0 Å². The SMILES string of the molecule is CC(C)C1OCc2ccccc2C1=O. The molecule has 1 unspecified atom stereocenters. The van der Waals surface area contributed by atoms with E-state index in [1.165, 1.54) is 0 Å². The van der Waals surface area contributed by atoms with Crippen molar-refractivity contribution in [2.75, 3.05) is 0 Å². The Morgan fingerprint density at radius 1 is 1.36 bits per heavy atom.